The zero-order valence-electron chi connectivity index (χ0n) is 13.1. The monoisotopic (exact) mass is 365 g/mol. The largest absolute Gasteiger partial charge is 0.360 e. The zero-order chi connectivity index (χ0) is 17.4. The minimum Gasteiger partial charge on any atom is -0.360 e. The minimum atomic E-state index is -3.91. The molecule has 1 aliphatic heterocycles. The fourth-order valence-electron chi connectivity index (χ4n) is 2.47. The minimum absolute atomic E-state index is 0.0329. The number of hydrogen-bond donors (Lipinski definition) is 1. The van der Waals surface area contributed by atoms with Crippen molar-refractivity contribution >= 4 is 25.8 Å². The van der Waals surface area contributed by atoms with Crippen LogP contribution in [0.4, 0.5) is 0 Å². The summed E-state index contributed by atoms with van der Waals surface area (Å²) in [7, 11) is -5.75. The van der Waals surface area contributed by atoms with Crippen molar-refractivity contribution in [2.75, 3.05) is 25.1 Å². The molecule has 0 radical (unpaired) electrons. The summed E-state index contributed by atoms with van der Waals surface area (Å²) in [5, 5.41) is 6.14. The molecule has 2 rings (SSSR count). The molecule has 1 aromatic heterocycles. The van der Waals surface area contributed by atoms with Crippen LogP contribution < -0.4 is 5.32 Å². The van der Waals surface area contributed by atoms with E-state index in [2.05, 4.69) is 10.5 Å². The smallest absolute Gasteiger partial charge is 0.248 e. The van der Waals surface area contributed by atoms with Gasteiger partial charge in [0.1, 0.15) is 10.6 Å². The second-order valence-corrected chi connectivity index (χ2v) is 9.79. The van der Waals surface area contributed by atoms with E-state index < -0.39 is 38.4 Å². The zero-order valence-corrected chi connectivity index (χ0v) is 14.7. The average Bonchev–Trinajstić information content (AvgIpc) is 2.91. The lowest BCUT2D eigenvalue weighted by atomic mass is 10.2. The van der Waals surface area contributed by atoms with Crippen molar-refractivity contribution in [1.29, 1.82) is 0 Å². The molecule has 9 nitrogen and oxygen atoms in total. The Kier molecular flexibility index (Phi) is 4.83. The van der Waals surface area contributed by atoms with Crippen LogP contribution in [0.2, 0.25) is 0 Å². The van der Waals surface area contributed by atoms with Crippen LogP contribution in [0.5, 0.6) is 0 Å². The van der Waals surface area contributed by atoms with Crippen molar-refractivity contribution < 1.29 is 26.2 Å². The molecule has 1 aliphatic rings. The summed E-state index contributed by atoms with van der Waals surface area (Å²) in [6.45, 7) is 2.56. The molecule has 1 atom stereocenters. The number of carbonyl (C=O) groups is 1. The number of carbonyl (C=O) groups excluding carboxylic acids is 1. The second kappa shape index (κ2) is 6.21. The lowest BCUT2D eigenvalue weighted by Crippen LogP contribution is -2.43. The highest BCUT2D eigenvalue weighted by Crippen LogP contribution is 2.22. The summed E-state index contributed by atoms with van der Waals surface area (Å²) in [5.74, 6) is -0.480. The van der Waals surface area contributed by atoms with Gasteiger partial charge in [0.25, 0.3) is 0 Å². The Bertz CT molecular complexity index is 792. The number of likely N-dealkylation sites (N-methyl/N-ethyl adjacent to an activating group) is 1. The number of sulfonamides is 1. The molecule has 1 fully saturated rings. The number of hydrogen-bond acceptors (Lipinski definition) is 7. The lowest BCUT2D eigenvalue weighted by molar-refractivity contribution is -0.121. The third-order valence-corrected chi connectivity index (χ3v) is 7.42. The van der Waals surface area contributed by atoms with Crippen LogP contribution in [0.1, 0.15) is 17.9 Å². The maximum Gasteiger partial charge on any atom is 0.248 e. The van der Waals surface area contributed by atoms with Gasteiger partial charge in [-0.15, -0.1) is 0 Å². The third kappa shape index (κ3) is 3.90. The Hall–Kier alpha value is -1.46. The van der Waals surface area contributed by atoms with Crippen LogP contribution in [0.15, 0.2) is 9.42 Å². The highest BCUT2D eigenvalue weighted by atomic mass is 32.2. The summed E-state index contributed by atoms with van der Waals surface area (Å²) < 4.78 is 53.4. The first-order chi connectivity index (χ1) is 10.5. The molecule has 1 saturated heterocycles. The number of aryl methyl sites for hydroxylation is 2. The number of amides is 1. The predicted octanol–water partition coefficient (Wildman–Crippen LogP) is -0.785. The predicted molar refractivity (Wildman–Crippen MR) is 81.0 cm³/mol. The molecular weight excluding hydrogens is 346 g/mol. The Balaban J connectivity index is 2.04. The van der Waals surface area contributed by atoms with E-state index in [1.807, 2.05) is 0 Å². The van der Waals surface area contributed by atoms with Gasteiger partial charge in [-0.25, -0.2) is 16.8 Å². The first-order valence-electron chi connectivity index (χ1n) is 6.92. The molecule has 0 aliphatic carbocycles. The van der Waals surface area contributed by atoms with Crippen LogP contribution >= 0.6 is 0 Å². The van der Waals surface area contributed by atoms with Crippen LogP contribution in [-0.4, -0.2) is 63.3 Å². The van der Waals surface area contributed by atoms with Crippen molar-refractivity contribution in [2.24, 2.45) is 0 Å². The molecule has 23 heavy (non-hydrogen) atoms. The van der Waals surface area contributed by atoms with Gasteiger partial charge in [-0.2, -0.15) is 4.31 Å². The molecule has 1 unspecified atom stereocenters. The highest BCUT2D eigenvalue weighted by molar-refractivity contribution is 7.91. The Morgan fingerprint density at radius 1 is 1.43 bits per heavy atom. The Morgan fingerprint density at radius 3 is 2.57 bits per heavy atom. The van der Waals surface area contributed by atoms with E-state index in [1.165, 1.54) is 20.9 Å². The van der Waals surface area contributed by atoms with Crippen LogP contribution in [0, 0.1) is 13.8 Å². The van der Waals surface area contributed by atoms with Crippen molar-refractivity contribution in [3.8, 4) is 0 Å². The fourth-order valence-corrected chi connectivity index (χ4v) is 5.55. The quantitative estimate of drug-likeness (QED) is 0.725. The fraction of sp³-hybridized carbons (Fsp3) is 0.667. The molecular formula is C12H19N3O6S2. The van der Waals surface area contributed by atoms with E-state index in [-0.39, 0.29) is 27.9 Å². The van der Waals surface area contributed by atoms with E-state index in [9.17, 15) is 21.6 Å². The van der Waals surface area contributed by atoms with Crippen LogP contribution in [0.3, 0.4) is 0 Å². The maximum absolute atomic E-state index is 12.5. The van der Waals surface area contributed by atoms with Crippen molar-refractivity contribution in [2.45, 2.75) is 31.2 Å². The van der Waals surface area contributed by atoms with E-state index in [0.29, 0.717) is 6.42 Å². The Labute approximate surface area is 135 Å². The van der Waals surface area contributed by atoms with Gasteiger partial charge in [0, 0.05) is 13.1 Å². The standard InChI is InChI=1S/C12H19N3O6S2/c1-8-12(9(2)21-14-8)23(19,20)15(3)6-11(16)13-10-4-5-22(17,18)7-10/h10H,4-7H2,1-3H3,(H,13,16). The molecule has 1 aromatic rings. The number of aromatic nitrogens is 1. The number of nitrogens with zero attached hydrogens (tertiary/aromatic N) is 2. The molecule has 0 saturated carbocycles. The molecule has 11 heteroatoms. The molecule has 0 bridgehead atoms. The van der Waals surface area contributed by atoms with Gasteiger partial charge in [-0.1, -0.05) is 5.16 Å². The Morgan fingerprint density at radius 2 is 2.09 bits per heavy atom. The summed E-state index contributed by atoms with van der Waals surface area (Å²) in [5.41, 5.74) is 0.219. The number of rotatable bonds is 5. The van der Waals surface area contributed by atoms with Gasteiger partial charge in [0.2, 0.25) is 15.9 Å². The van der Waals surface area contributed by atoms with Gasteiger partial charge in [0.05, 0.1) is 18.1 Å². The molecule has 0 aromatic carbocycles. The first-order valence-corrected chi connectivity index (χ1v) is 10.2. The molecule has 130 valence electrons. The molecule has 1 amide bonds. The highest BCUT2D eigenvalue weighted by Gasteiger charge is 2.32. The third-order valence-electron chi connectivity index (χ3n) is 3.60. The van der Waals surface area contributed by atoms with E-state index in [1.54, 1.807) is 0 Å². The van der Waals surface area contributed by atoms with Gasteiger partial charge in [0.15, 0.2) is 15.6 Å². The summed E-state index contributed by atoms with van der Waals surface area (Å²) in [6.07, 6.45) is 0.342. The lowest BCUT2D eigenvalue weighted by Gasteiger charge is -2.18. The second-order valence-electron chi connectivity index (χ2n) is 5.58. The van der Waals surface area contributed by atoms with Gasteiger partial charge in [-0.3, -0.25) is 4.79 Å². The van der Waals surface area contributed by atoms with E-state index in [4.69, 9.17) is 4.52 Å². The van der Waals surface area contributed by atoms with E-state index >= 15 is 0 Å². The van der Waals surface area contributed by atoms with Crippen molar-refractivity contribution in [1.82, 2.24) is 14.8 Å². The van der Waals surface area contributed by atoms with Gasteiger partial charge >= 0.3 is 0 Å². The maximum atomic E-state index is 12.5. The van der Waals surface area contributed by atoms with Gasteiger partial charge in [-0.05, 0) is 20.3 Å². The molecule has 2 heterocycles. The SMILES string of the molecule is Cc1noc(C)c1S(=O)(=O)N(C)CC(=O)NC1CCS(=O)(=O)C1. The van der Waals surface area contributed by atoms with Gasteiger partial charge < -0.3 is 9.84 Å². The summed E-state index contributed by atoms with van der Waals surface area (Å²) in [4.78, 5) is 11.9. The van der Waals surface area contributed by atoms with E-state index in [0.717, 1.165) is 4.31 Å². The van der Waals surface area contributed by atoms with Crippen molar-refractivity contribution in [3.05, 3.63) is 11.5 Å². The average molecular weight is 365 g/mol. The van der Waals surface area contributed by atoms with Crippen LogP contribution in [-0.2, 0) is 24.7 Å². The number of nitrogens with one attached hydrogen (secondary N) is 1. The van der Waals surface area contributed by atoms with Crippen molar-refractivity contribution in [3.63, 3.8) is 0 Å². The summed E-state index contributed by atoms with van der Waals surface area (Å²) >= 11 is 0. The first kappa shape index (κ1) is 17.9. The molecule has 1 N–H and O–H groups in total. The molecule has 0 spiro atoms. The summed E-state index contributed by atoms with van der Waals surface area (Å²) in [6, 6.07) is -0.470. The normalized spacial score (nSPS) is 20.8. The number of sulfone groups is 1. The van der Waals surface area contributed by atoms with Crippen LogP contribution in [0.25, 0.3) is 0 Å². The topological polar surface area (TPSA) is 127 Å².